The third kappa shape index (κ3) is 4.97. The van der Waals surface area contributed by atoms with E-state index in [2.05, 4.69) is 67.1 Å². The Hall–Kier alpha value is -1.13. The zero-order valence-electron chi connectivity index (χ0n) is 14.2. The van der Waals surface area contributed by atoms with Crippen molar-refractivity contribution >= 4 is 5.69 Å². The molecule has 4 heteroatoms. The third-order valence-electron chi connectivity index (χ3n) is 4.24. The van der Waals surface area contributed by atoms with Gasteiger partial charge in [0, 0.05) is 37.1 Å². The molecule has 0 aliphatic carbocycles. The molecule has 118 valence electrons. The van der Waals surface area contributed by atoms with E-state index in [4.69, 9.17) is 0 Å². The highest BCUT2D eigenvalue weighted by Gasteiger charge is 2.21. The van der Waals surface area contributed by atoms with Crippen LogP contribution >= 0.6 is 0 Å². The van der Waals surface area contributed by atoms with E-state index in [0.29, 0.717) is 6.04 Å². The highest BCUT2D eigenvalue weighted by atomic mass is 15.2. The number of nitrogens with zero attached hydrogens (tertiary/aromatic N) is 3. The highest BCUT2D eigenvalue weighted by Crippen LogP contribution is 2.22. The lowest BCUT2D eigenvalue weighted by Crippen LogP contribution is -2.42. The number of hydrogen-bond donors (Lipinski definition) is 1. The Balaban J connectivity index is 1.99. The zero-order chi connectivity index (χ0) is 15.5. The number of aromatic nitrogens is 1. The van der Waals surface area contributed by atoms with E-state index in [1.54, 1.807) is 0 Å². The van der Waals surface area contributed by atoms with Crippen LogP contribution in [0.2, 0.25) is 0 Å². The van der Waals surface area contributed by atoms with Gasteiger partial charge in [-0.25, -0.2) is 0 Å². The maximum atomic E-state index is 4.48. The number of anilines is 1. The maximum absolute atomic E-state index is 4.48. The molecule has 2 rings (SSSR count). The van der Waals surface area contributed by atoms with E-state index in [-0.39, 0.29) is 5.54 Å². The van der Waals surface area contributed by atoms with Crippen molar-refractivity contribution < 1.29 is 0 Å². The molecular formula is C17H30N4. The van der Waals surface area contributed by atoms with Crippen molar-refractivity contribution in [2.75, 3.05) is 32.1 Å². The molecule has 0 atom stereocenters. The fourth-order valence-corrected chi connectivity index (χ4v) is 2.73. The third-order valence-corrected chi connectivity index (χ3v) is 4.24. The van der Waals surface area contributed by atoms with Crippen molar-refractivity contribution in [3.63, 3.8) is 0 Å². The monoisotopic (exact) mass is 290 g/mol. The zero-order valence-corrected chi connectivity index (χ0v) is 14.2. The summed E-state index contributed by atoms with van der Waals surface area (Å²) in [4.78, 5) is 9.32. The number of likely N-dealkylation sites (tertiary alicyclic amines) is 1. The Bertz CT molecular complexity index is 444. The number of nitrogens with one attached hydrogen (secondary N) is 1. The Morgan fingerprint density at radius 1 is 1.33 bits per heavy atom. The number of rotatable bonds is 4. The SMILES string of the molecule is CN1CCC(N(C)c2ccnc(CNC(C)(C)C)c2)CC1. The molecule has 0 unspecified atom stereocenters. The van der Waals surface area contributed by atoms with Crippen molar-refractivity contribution in [1.29, 1.82) is 0 Å². The average molecular weight is 290 g/mol. The van der Waals surface area contributed by atoms with Gasteiger partial charge in [-0.1, -0.05) is 0 Å². The molecule has 1 aliphatic rings. The summed E-state index contributed by atoms with van der Waals surface area (Å²) in [5.41, 5.74) is 2.52. The number of hydrogen-bond acceptors (Lipinski definition) is 4. The molecule has 0 amide bonds. The van der Waals surface area contributed by atoms with Gasteiger partial charge in [-0.2, -0.15) is 0 Å². The van der Waals surface area contributed by atoms with Gasteiger partial charge < -0.3 is 15.1 Å². The average Bonchev–Trinajstić information content (AvgIpc) is 2.45. The van der Waals surface area contributed by atoms with Crippen LogP contribution in [0, 0.1) is 0 Å². The highest BCUT2D eigenvalue weighted by molar-refractivity contribution is 5.46. The molecule has 0 saturated carbocycles. The molecule has 1 saturated heterocycles. The van der Waals surface area contributed by atoms with Crippen LogP contribution in [0.15, 0.2) is 18.3 Å². The summed E-state index contributed by atoms with van der Waals surface area (Å²) >= 11 is 0. The minimum atomic E-state index is 0.123. The van der Waals surface area contributed by atoms with Crippen LogP contribution in [0.5, 0.6) is 0 Å². The first kappa shape index (κ1) is 16.2. The number of piperidine rings is 1. The van der Waals surface area contributed by atoms with Gasteiger partial charge >= 0.3 is 0 Å². The minimum absolute atomic E-state index is 0.123. The molecule has 0 spiro atoms. The smallest absolute Gasteiger partial charge is 0.0562 e. The fourth-order valence-electron chi connectivity index (χ4n) is 2.73. The Kier molecular flexibility index (Phi) is 5.22. The minimum Gasteiger partial charge on any atom is -0.371 e. The van der Waals surface area contributed by atoms with Crippen molar-refractivity contribution in [3.05, 3.63) is 24.0 Å². The summed E-state index contributed by atoms with van der Waals surface area (Å²) in [5, 5.41) is 3.50. The van der Waals surface area contributed by atoms with Crippen LogP contribution in [0.25, 0.3) is 0 Å². The van der Waals surface area contributed by atoms with E-state index in [9.17, 15) is 0 Å². The van der Waals surface area contributed by atoms with Gasteiger partial charge in [0.15, 0.2) is 0 Å². The van der Waals surface area contributed by atoms with Gasteiger partial charge in [0.05, 0.1) is 5.69 Å². The fraction of sp³-hybridized carbons (Fsp3) is 0.706. The van der Waals surface area contributed by atoms with Crippen molar-refractivity contribution in [2.45, 2.75) is 51.7 Å². The molecule has 2 heterocycles. The molecule has 1 N–H and O–H groups in total. The summed E-state index contributed by atoms with van der Waals surface area (Å²) in [5.74, 6) is 0. The first-order valence-corrected chi connectivity index (χ1v) is 7.96. The maximum Gasteiger partial charge on any atom is 0.0562 e. The summed E-state index contributed by atoms with van der Waals surface area (Å²) in [6.45, 7) is 9.75. The standard InChI is InChI=1S/C17H30N4/c1-17(2,3)19-13-14-12-16(6-9-18-14)21(5)15-7-10-20(4)11-8-15/h6,9,12,15,19H,7-8,10-11,13H2,1-5H3. The van der Waals surface area contributed by atoms with Crippen LogP contribution < -0.4 is 10.2 Å². The van der Waals surface area contributed by atoms with Crippen molar-refractivity contribution in [2.24, 2.45) is 0 Å². The molecular weight excluding hydrogens is 260 g/mol. The normalized spacial score (nSPS) is 18.0. The van der Waals surface area contributed by atoms with Gasteiger partial charge in [-0.15, -0.1) is 0 Å². The van der Waals surface area contributed by atoms with E-state index in [1.165, 1.54) is 31.6 Å². The lowest BCUT2D eigenvalue weighted by atomic mass is 10.0. The van der Waals surface area contributed by atoms with Crippen LogP contribution in [0.4, 0.5) is 5.69 Å². The molecule has 1 aromatic rings. The molecule has 21 heavy (non-hydrogen) atoms. The van der Waals surface area contributed by atoms with Gasteiger partial charge in [0.2, 0.25) is 0 Å². The van der Waals surface area contributed by atoms with E-state index in [1.807, 2.05) is 6.20 Å². The lowest BCUT2D eigenvalue weighted by molar-refractivity contribution is 0.253. The van der Waals surface area contributed by atoms with Gasteiger partial charge in [0.25, 0.3) is 0 Å². The molecule has 0 radical (unpaired) electrons. The molecule has 0 bridgehead atoms. The van der Waals surface area contributed by atoms with Crippen molar-refractivity contribution in [3.8, 4) is 0 Å². The van der Waals surface area contributed by atoms with E-state index < -0.39 is 0 Å². The van der Waals surface area contributed by atoms with Crippen molar-refractivity contribution in [1.82, 2.24) is 15.2 Å². The van der Waals surface area contributed by atoms with E-state index >= 15 is 0 Å². The first-order chi connectivity index (χ1) is 9.85. The molecule has 4 nitrogen and oxygen atoms in total. The van der Waals surface area contributed by atoms with Crippen LogP contribution in [0.3, 0.4) is 0 Å². The summed E-state index contributed by atoms with van der Waals surface area (Å²) in [6, 6.07) is 4.99. The second-order valence-electron chi connectivity index (χ2n) is 7.25. The summed E-state index contributed by atoms with van der Waals surface area (Å²) in [6.07, 6.45) is 4.41. The topological polar surface area (TPSA) is 31.4 Å². The largest absolute Gasteiger partial charge is 0.371 e. The quantitative estimate of drug-likeness (QED) is 0.923. The van der Waals surface area contributed by atoms with Gasteiger partial charge in [0.1, 0.15) is 0 Å². The van der Waals surface area contributed by atoms with Gasteiger partial charge in [-0.05, 0) is 65.9 Å². The van der Waals surface area contributed by atoms with Crippen LogP contribution in [-0.4, -0.2) is 48.6 Å². The Morgan fingerprint density at radius 3 is 2.62 bits per heavy atom. The summed E-state index contributed by atoms with van der Waals surface area (Å²) < 4.78 is 0. The second-order valence-corrected chi connectivity index (χ2v) is 7.25. The molecule has 0 aromatic carbocycles. The first-order valence-electron chi connectivity index (χ1n) is 7.96. The molecule has 1 fully saturated rings. The predicted octanol–water partition coefficient (Wildman–Crippen LogP) is 2.50. The van der Waals surface area contributed by atoms with Crippen LogP contribution in [0.1, 0.15) is 39.3 Å². The number of pyridine rings is 1. The molecule has 1 aromatic heterocycles. The second kappa shape index (κ2) is 6.75. The van der Waals surface area contributed by atoms with E-state index in [0.717, 1.165) is 12.2 Å². The summed E-state index contributed by atoms with van der Waals surface area (Å²) in [7, 11) is 4.42. The lowest BCUT2D eigenvalue weighted by Gasteiger charge is -2.36. The predicted molar refractivity (Wildman–Crippen MR) is 89.8 cm³/mol. The molecule has 1 aliphatic heterocycles. The Morgan fingerprint density at radius 2 is 2.00 bits per heavy atom. The van der Waals surface area contributed by atoms with Gasteiger partial charge in [-0.3, -0.25) is 4.98 Å². The Labute approximate surface area is 129 Å². The van der Waals surface area contributed by atoms with Crippen LogP contribution in [-0.2, 0) is 6.54 Å².